The Morgan fingerprint density at radius 1 is 1.12 bits per heavy atom. The molecule has 0 atom stereocenters. The van der Waals surface area contributed by atoms with Gasteiger partial charge in [-0.1, -0.05) is 6.07 Å². The van der Waals surface area contributed by atoms with Gasteiger partial charge in [-0.25, -0.2) is 0 Å². The maximum absolute atomic E-state index is 12.1. The Morgan fingerprint density at radius 2 is 2.00 bits per heavy atom. The summed E-state index contributed by atoms with van der Waals surface area (Å²) in [7, 11) is 0. The van der Waals surface area contributed by atoms with E-state index < -0.39 is 0 Å². The van der Waals surface area contributed by atoms with Crippen LogP contribution in [0.5, 0.6) is 17.2 Å². The molecule has 4 rings (SSSR count). The van der Waals surface area contributed by atoms with Crippen LogP contribution in [0.1, 0.15) is 0 Å². The van der Waals surface area contributed by atoms with Crippen LogP contribution < -0.4 is 25.1 Å². The van der Waals surface area contributed by atoms with Gasteiger partial charge in [-0.05, 0) is 30.3 Å². The lowest BCUT2D eigenvalue weighted by atomic mass is 10.1. The number of amides is 1. The summed E-state index contributed by atoms with van der Waals surface area (Å²) >= 11 is 0. The predicted octanol–water partition coefficient (Wildman–Crippen LogP) is 2.27. The first-order valence-corrected chi connectivity index (χ1v) is 7.63. The number of anilines is 1. The van der Waals surface area contributed by atoms with Crippen molar-refractivity contribution in [3.63, 3.8) is 0 Å². The van der Waals surface area contributed by atoms with Gasteiger partial charge in [0, 0.05) is 23.3 Å². The molecule has 3 aromatic rings. The molecule has 1 aromatic heterocycles. The number of pyridine rings is 1. The Balaban J connectivity index is 1.46. The van der Waals surface area contributed by atoms with E-state index in [0.717, 1.165) is 0 Å². The summed E-state index contributed by atoms with van der Waals surface area (Å²) in [5.74, 6) is 1.40. The van der Waals surface area contributed by atoms with Crippen LogP contribution in [0.4, 0.5) is 5.69 Å². The SMILES string of the molecule is O=C(COc1cccc2c(=O)[nH]ccc12)Nc1ccc2c(c1)OCO2. The summed E-state index contributed by atoms with van der Waals surface area (Å²) in [6.07, 6.45) is 1.55. The van der Waals surface area contributed by atoms with Crippen LogP contribution in [0.3, 0.4) is 0 Å². The van der Waals surface area contributed by atoms with E-state index in [2.05, 4.69) is 10.3 Å². The van der Waals surface area contributed by atoms with E-state index in [1.54, 1.807) is 48.7 Å². The predicted molar refractivity (Wildman–Crippen MR) is 91.3 cm³/mol. The molecule has 1 aliphatic rings. The van der Waals surface area contributed by atoms with Gasteiger partial charge >= 0.3 is 0 Å². The fourth-order valence-electron chi connectivity index (χ4n) is 2.63. The maximum Gasteiger partial charge on any atom is 0.262 e. The fraction of sp³-hybridized carbons (Fsp3) is 0.111. The summed E-state index contributed by atoms with van der Waals surface area (Å²) < 4.78 is 16.1. The molecule has 0 radical (unpaired) electrons. The second-order valence-corrected chi connectivity index (χ2v) is 5.43. The Kier molecular flexibility index (Phi) is 3.74. The van der Waals surface area contributed by atoms with Gasteiger partial charge in [0.15, 0.2) is 18.1 Å². The highest BCUT2D eigenvalue weighted by Gasteiger charge is 2.14. The van der Waals surface area contributed by atoms with Crippen LogP contribution in [0.15, 0.2) is 53.5 Å². The molecule has 0 saturated carbocycles. The fourth-order valence-corrected chi connectivity index (χ4v) is 2.63. The van der Waals surface area contributed by atoms with E-state index in [-0.39, 0.29) is 24.9 Å². The minimum absolute atomic E-state index is 0.177. The second-order valence-electron chi connectivity index (χ2n) is 5.43. The number of aromatic amines is 1. The van der Waals surface area contributed by atoms with Crippen molar-refractivity contribution in [1.82, 2.24) is 4.98 Å². The summed E-state index contributed by atoms with van der Waals surface area (Å²) in [5.41, 5.74) is 0.389. The molecular weight excluding hydrogens is 324 g/mol. The van der Waals surface area contributed by atoms with Crippen LogP contribution in [0.25, 0.3) is 10.8 Å². The van der Waals surface area contributed by atoms with Crippen LogP contribution >= 0.6 is 0 Å². The molecule has 2 aromatic carbocycles. The van der Waals surface area contributed by atoms with Gasteiger partial charge in [0.1, 0.15) is 5.75 Å². The van der Waals surface area contributed by atoms with Crippen molar-refractivity contribution in [3.05, 3.63) is 59.0 Å². The number of fused-ring (bicyclic) bond motifs is 2. The molecule has 2 N–H and O–H groups in total. The molecule has 0 saturated heterocycles. The number of H-pyrrole nitrogens is 1. The van der Waals surface area contributed by atoms with Crippen LogP contribution in [0, 0.1) is 0 Å². The monoisotopic (exact) mass is 338 g/mol. The average molecular weight is 338 g/mol. The third-order valence-electron chi connectivity index (χ3n) is 3.79. The Bertz CT molecular complexity index is 1010. The van der Waals surface area contributed by atoms with E-state index in [1.165, 1.54) is 0 Å². The first kappa shape index (κ1) is 15.1. The van der Waals surface area contributed by atoms with Crippen LogP contribution in [-0.2, 0) is 4.79 Å². The first-order chi connectivity index (χ1) is 12.2. The number of ether oxygens (including phenoxy) is 3. The van der Waals surface area contributed by atoms with Crippen molar-refractivity contribution in [2.24, 2.45) is 0 Å². The lowest BCUT2D eigenvalue weighted by Gasteiger charge is -2.10. The molecule has 0 unspecified atom stereocenters. The molecule has 1 aliphatic heterocycles. The van der Waals surface area contributed by atoms with Gasteiger partial charge in [0.05, 0.1) is 5.39 Å². The highest BCUT2D eigenvalue weighted by Crippen LogP contribution is 2.34. The molecule has 25 heavy (non-hydrogen) atoms. The minimum atomic E-state index is -0.319. The third kappa shape index (κ3) is 2.99. The molecule has 126 valence electrons. The number of nitrogens with one attached hydrogen (secondary N) is 2. The summed E-state index contributed by atoms with van der Waals surface area (Å²) in [4.78, 5) is 26.5. The average Bonchev–Trinajstić information content (AvgIpc) is 3.08. The van der Waals surface area contributed by atoms with Crippen molar-refractivity contribution >= 4 is 22.4 Å². The molecular formula is C18H14N2O5. The quantitative estimate of drug-likeness (QED) is 0.762. The number of carbonyl (C=O) groups is 1. The highest BCUT2D eigenvalue weighted by atomic mass is 16.7. The van der Waals surface area contributed by atoms with Crippen molar-refractivity contribution in [2.75, 3.05) is 18.7 Å². The molecule has 0 aliphatic carbocycles. The molecule has 0 bridgehead atoms. The number of rotatable bonds is 4. The molecule has 0 fully saturated rings. The minimum Gasteiger partial charge on any atom is -0.483 e. The van der Waals surface area contributed by atoms with Crippen LogP contribution in [0.2, 0.25) is 0 Å². The van der Waals surface area contributed by atoms with Gasteiger partial charge in [-0.3, -0.25) is 9.59 Å². The first-order valence-electron chi connectivity index (χ1n) is 7.63. The van der Waals surface area contributed by atoms with Crippen molar-refractivity contribution in [1.29, 1.82) is 0 Å². The molecule has 1 amide bonds. The Labute approximate surface area is 142 Å². The zero-order valence-electron chi connectivity index (χ0n) is 13.1. The van der Waals surface area contributed by atoms with E-state index in [0.29, 0.717) is 33.7 Å². The number of carbonyl (C=O) groups excluding carboxylic acids is 1. The highest BCUT2D eigenvalue weighted by molar-refractivity contribution is 5.93. The number of hydrogen-bond donors (Lipinski definition) is 2. The van der Waals surface area contributed by atoms with E-state index >= 15 is 0 Å². The van der Waals surface area contributed by atoms with E-state index in [9.17, 15) is 9.59 Å². The number of hydrogen-bond acceptors (Lipinski definition) is 5. The van der Waals surface area contributed by atoms with Gasteiger partial charge in [-0.15, -0.1) is 0 Å². The van der Waals surface area contributed by atoms with Gasteiger partial charge in [-0.2, -0.15) is 0 Å². The summed E-state index contributed by atoms with van der Waals surface area (Å²) in [6.45, 7) is -0.00356. The van der Waals surface area contributed by atoms with E-state index in [1.807, 2.05) is 0 Å². The maximum atomic E-state index is 12.1. The van der Waals surface area contributed by atoms with Gasteiger partial charge in [0.2, 0.25) is 6.79 Å². The zero-order chi connectivity index (χ0) is 17.2. The topological polar surface area (TPSA) is 89.7 Å². The van der Waals surface area contributed by atoms with Crippen molar-refractivity contribution < 1.29 is 19.0 Å². The molecule has 7 heteroatoms. The summed E-state index contributed by atoms with van der Waals surface area (Å²) in [5, 5.41) is 3.90. The summed E-state index contributed by atoms with van der Waals surface area (Å²) in [6, 6.07) is 12.0. The largest absolute Gasteiger partial charge is 0.483 e. The molecule has 7 nitrogen and oxygen atoms in total. The van der Waals surface area contributed by atoms with Crippen LogP contribution in [-0.4, -0.2) is 24.3 Å². The van der Waals surface area contributed by atoms with Crippen molar-refractivity contribution in [2.45, 2.75) is 0 Å². The Hall–Kier alpha value is -3.48. The third-order valence-corrected chi connectivity index (χ3v) is 3.79. The van der Waals surface area contributed by atoms with Gasteiger partial charge < -0.3 is 24.5 Å². The molecule has 0 spiro atoms. The lowest BCUT2D eigenvalue weighted by Crippen LogP contribution is -2.20. The van der Waals surface area contributed by atoms with Gasteiger partial charge in [0.25, 0.3) is 11.5 Å². The number of benzene rings is 2. The second kappa shape index (κ2) is 6.20. The standard InChI is InChI=1S/C18H14N2O5/c21-17(20-11-4-5-15-16(8-11)25-10-24-15)9-23-14-3-1-2-13-12(14)6-7-19-18(13)22/h1-8H,9-10H2,(H,19,22)(H,20,21). The van der Waals surface area contributed by atoms with Crippen molar-refractivity contribution in [3.8, 4) is 17.2 Å². The lowest BCUT2D eigenvalue weighted by molar-refractivity contribution is -0.118. The van der Waals surface area contributed by atoms with E-state index in [4.69, 9.17) is 14.2 Å². The normalized spacial score (nSPS) is 12.2. The molecule has 2 heterocycles. The number of aromatic nitrogens is 1. The smallest absolute Gasteiger partial charge is 0.262 e. The zero-order valence-corrected chi connectivity index (χ0v) is 13.1. The Morgan fingerprint density at radius 3 is 2.92 bits per heavy atom.